The fourth-order valence-electron chi connectivity index (χ4n) is 1.69. The predicted octanol–water partition coefficient (Wildman–Crippen LogP) is 0.705. The lowest BCUT2D eigenvalue weighted by Crippen LogP contribution is -2.54. The molecule has 1 heterocycles. The lowest BCUT2D eigenvalue weighted by molar-refractivity contribution is -0.132. The first kappa shape index (κ1) is 12.8. The summed E-state index contributed by atoms with van der Waals surface area (Å²) in [7, 11) is 1.76. The maximum Gasteiger partial charge on any atom is 0.315 e. The molecule has 2 N–H and O–H groups in total. The van der Waals surface area contributed by atoms with Crippen molar-refractivity contribution >= 4 is 11.9 Å². The van der Waals surface area contributed by atoms with Crippen molar-refractivity contribution in [2.75, 3.05) is 13.6 Å². The first-order chi connectivity index (χ1) is 7.28. The van der Waals surface area contributed by atoms with Crippen molar-refractivity contribution in [2.45, 2.75) is 45.2 Å². The number of likely N-dealkylation sites (N-methyl/N-ethyl adjacent to an activating group) is 1. The second-order valence-corrected chi connectivity index (χ2v) is 5.36. The summed E-state index contributed by atoms with van der Waals surface area (Å²) in [4.78, 5) is 24.5. The van der Waals surface area contributed by atoms with Gasteiger partial charge in [0.2, 0.25) is 5.91 Å². The van der Waals surface area contributed by atoms with E-state index in [-0.39, 0.29) is 23.5 Å². The molecule has 0 saturated carbocycles. The Morgan fingerprint density at radius 3 is 2.56 bits per heavy atom. The van der Waals surface area contributed by atoms with E-state index in [1.807, 2.05) is 20.8 Å². The molecule has 5 nitrogen and oxygen atoms in total. The third kappa shape index (κ3) is 4.08. The monoisotopic (exact) mass is 227 g/mol. The van der Waals surface area contributed by atoms with Gasteiger partial charge in [-0.3, -0.25) is 4.79 Å². The van der Waals surface area contributed by atoms with Crippen molar-refractivity contribution < 1.29 is 9.59 Å². The third-order valence-electron chi connectivity index (χ3n) is 2.45. The van der Waals surface area contributed by atoms with Gasteiger partial charge in [-0.1, -0.05) is 0 Å². The zero-order valence-corrected chi connectivity index (χ0v) is 10.5. The van der Waals surface area contributed by atoms with Crippen LogP contribution in [0.3, 0.4) is 0 Å². The minimum Gasteiger partial charge on any atom is -0.344 e. The summed E-state index contributed by atoms with van der Waals surface area (Å²) >= 11 is 0. The van der Waals surface area contributed by atoms with Crippen molar-refractivity contribution in [3.05, 3.63) is 0 Å². The third-order valence-corrected chi connectivity index (χ3v) is 2.45. The van der Waals surface area contributed by atoms with Gasteiger partial charge >= 0.3 is 6.03 Å². The van der Waals surface area contributed by atoms with Gasteiger partial charge in [0.15, 0.2) is 0 Å². The minimum atomic E-state index is -0.236. The van der Waals surface area contributed by atoms with Crippen molar-refractivity contribution in [2.24, 2.45) is 0 Å². The quantitative estimate of drug-likeness (QED) is 0.693. The van der Waals surface area contributed by atoms with E-state index in [9.17, 15) is 9.59 Å². The lowest BCUT2D eigenvalue weighted by atomic mass is 10.1. The summed E-state index contributed by atoms with van der Waals surface area (Å²) in [6.45, 7) is 6.39. The normalized spacial score (nSPS) is 21.9. The molecule has 0 aliphatic carbocycles. The number of urea groups is 1. The number of piperidine rings is 1. The van der Waals surface area contributed by atoms with Crippen molar-refractivity contribution in [3.63, 3.8) is 0 Å². The molecule has 1 aliphatic rings. The van der Waals surface area contributed by atoms with E-state index in [0.29, 0.717) is 13.0 Å². The number of hydrogen-bond donors (Lipinski definition) is 2. The molecule has 1 atom stereocenters. The van der Waals surface area contributed by atoms with E-state index < -0.39 is 0 Å². The number of likely N-dealkylation sites (tertiary alicyclic amines) is 1. The number of amides is 3. The zero-order chi connectivity index (χ0) is 12.3. The molecule has 0 bridgehead atoms. The number of nitrogens with zero attached hydrogens (tertiary/aromatic N) is 1. The predicted molar refractivity (Wildman–Crippen MR) is 62.1 cm³/mol. The Balaban J connectivity index is 2.38. The maximum atomic E-state index is 11.6. The Morgan fingerprint density at radius 2 is 2.06 bits per heavy atom. The molecule has 3 amide bonds. The minimum absolute atomic E-state index is 0.0602. The average Bonchev–Trinajstić information content (AvgIpc) is 2.08. The van der Waals surface area contributed by atoms with Gasteiger partial charge in [-0.25, -0.2) is 4.79 Å². The van der Waals surface area contributed by atoms with Gasteiger partial charge in [-0.15, -0.1) is 0 Å². The van der Waals surface area contributed by atoms with Crippen LogP contribution in [0.1, 0.15) is 33.6 Å². The lowest BCUT2D eigenvalue weighted by Gasteiger charge is -2.31. The van der Waals surface area contributed by atoms with Crippen molar-refractivity contribution in [1.82, 2.24) is 15.5 Å². The van der Waals surface area contributed by atoms with Gasteiger partial charge in [-0.2, -0.15) is 0 Å². The van der Waals surface area contributed by atoms with Gasteiger partial charge in [-0.05, 0) is 27.2 Å². The smallest absolute Gasteiger partial charge is 0.315 e. The van der Waals surface area contributed by atoms with E-state index in [4.69, 9.17) is 0 Å². The SMILES string of the molecule is CN1CC(NC(=O)NC(C)(C)C)CCC1=O. The van der Waals surface area contributed by atoms with Crippen LogP contribution in [0.2, 0.25) is 0 Å². The van der Waals surface area contributed by atoms with Gasteiger partial charge < -0.3 is 15.5 Å². The summed E-state index contributed by atoms with van der Waals surface area (Å²) in [5, 5.41) is 5.72. The highest BCUT2D eigenvalue weighted by atomic mass is 16.2. The number of hydrogen-bond acceptors (Lipinski definition) is 2. The Bertz CT molecular complexity index is 283. The van der Waals surface area contributed by atoms with Crippen LogP contribution in [0.5, 0.6) is 0 Å². The van der Waals surface area contributed by atoms with Crippen molar-refractivity contribution in [3.8, 4) is 0 Å². The highest BCUT2D eigenvalue weighted by Crippen LogP contribution is 2.09. The topological polar surface area (TPSA) is 61.4 Å². The van der Waals surface area contributed by atoms with Gasteiger partial charge in [0.05, 0.1) is 0 Å². The van der Waals surface area contributed by atoms with Crippen LogP contribution in [0.4, 0.5) is 4.79 Å². The first-order valence-corrected chi connectivity index (χ1v) is 5.60. The van der Waals surface area contributed by atoms with Gasteiger partial charge in [0, 0.05) is 31.6 Å². The van der Waals surface area contributed by atoms with E-state index in [2.05, 4.69) is 10.6 Å². The summed E-state index contributed by atoms with van der Waals surface area (Å²) in [5.74, 6) is 0.147. The summed E-state index contributed by atoms with van der Waals surface area (Å²) in [6, 6.07) is -0.106. The Hall–Kier alpha value is -1.26. The molecule has 1 aliphatic heterocycles. The highest BCUT2D eigenvalue weighted by molar-refractivity contribution is 5.78. The summed E-state index contributed by atoms with van der Waals surface area (Å²) in [6.07, 6.45) is 1.23. The molecule has 1 saturated heterocycles. The molecule has 0 radical (unpaired) electrons. The van der Waals surface area contributed by atoms with E-state index in [1.54, 1.807) is 11.9 Å². The Kier molecular flexibility index (Phi) is 3.78. The van der Waals surface area contributed by atoms with Crippen LogP contribution in [-0.4, -0.2) is 42.0 Å². The van der Waals surface area contributed by atoms with Crippen LogP contribution < -0.4 is 10.6 Å². The number of nitrogens with one attached hydrogen (secondary N) is 2. The first-order valence-electron chi connectivity index (χ1n) is 5.60. The summed E-state index contributed by atoms with van der Waals surface area (Å²) in [5.41, 5.74) is -0.236. The molecule has 0 spiro atoms. The van der Waals surface area contributed by atoms with Crippen molar-refractivity contribution in [1.29, 1.82) is 0 Å². The molecule has 0 aromatic carbocycles. The largest absolute Gasteiger partial charge is 0.344 e. The number of rotatable bonds is 1. The highest BCUT2D eigenvalue weighted by Gasteiger charge is 2.24. The van der Waals surface area contributed by atoms with Gasteiger partial charge in [0.25, 0.3) is 0 Å². The fraction of sp³-hybridized carbons (Fsp3) is 0.818. The molecular weight excluding hydrogens is 206 g/mol. The molecule has 1 rings (SSSR count). The van der Waals surface area contributed by atoms with Crippen LogP contribution in [0.25, 0.3) is 0 Å². The van der Waals surface area contributed by atoms with E-state index >= 15 is 0 Å². The second kappa shape index (κ2) is 4.72. The fourth-order valence-corrected chi connectivity index (χ4v) is 1.69. The molecular formula is C11H21N3O2. The molecule has 16 heavy (non-hydrogen) atoms. The molecule has 1 unspecified atom stereocenters. The van der Waals surface area contributed by atoms with Crippen LogP contribution >= 0.6 is 0 Å². The Morgan fingerprint density at radius 1 is 1.44 bits per heavy atom. The Labute approximate surface area is 96.6 Å². The van der Waals surface area contributed by atoms with E-state index in [0.717, 1.165) is 6.42 Å². The molecule has 0 aromatic rings. The molecule has 0 aromatic heterocycles. The second-order valence-electron chi connectivity index (χ2n) is 5.36. The molecule has 92 valence electrons. The number of carbonyl (C=O) groups excluding carboxylic acids is 2. The standard InChI is InChI=1S/C11H21N3O2/c1-11(2,3)13-10(16)12-8-5-6-9(15)14(4)7-8/h8H,5-7H2,1-4H3,(H2,12,13,16). The van der Waals surface area contributed by atoms with Crippen LogP contribution in [-0.2, 0) is 4.79 Å². The van der Waals surface area contributed by atoms with Crippen LogP contribution in [0, 0.1) is 0 Å². The molecule has 1 fully saturated rings. The van der Waals surface area contributed by atoms with Gasteiger partial charge in [0.1, 0.15) is 0 Å². The van der Waals surface area contributed by atoms with E-state index in [1.165, 1.54) is 0 Å². The average molecular weight is 227 g/mol. The zero-order valence-electron chi connectivity index (χ0n) is 10.5. The molecule has 5 heteroatoms. The van der Waals surface area contributed by atoms with Crippen LogP contribution in [0.15, 0.2) is 0 Å². The number of carbonyl (C=O) groups is 2. The summed E-state index contributed by atoms with van der Waals surface area (Å²) < 4.78 is 0. The maximum absolute atomic E-state index is 11.6.